The van der Waals surface area contributed by atoms with Crippen molar-refractivity contribution in [3.8, 4) is 0 Å². The summed E-state index contributed by atoms with van der Waals surface area (Å²) in [6, 6.07) is 23.0. The van der Waals surface area contributed by atoms with Crippen molar-refractivity contribution in [2.45, 2.75) is 25.4 Å². The Morgan fingerprint density at radius 1 is 0.583 bits per heavy atom. The van der Waals surface area contributed by atoms with Crippen molar-refractivity contribution in [3.63, 3.8) is 0 Å². The van der Waals surface area contributed by atoms with Crippen LogP contribution in [0.1, 0.15) is 24.8 Å². The molecule has 2 bridgehead atoms. The molecule has 0 spiro atoms. The number of rotatable bonds is 3. The summed E-state index contributed by atoms with van der Waals surface area (Å²) in [6.45, 7) is 0. The van der Waals surface area contributed by atoms with Gasteiger partial charge >= 0.3 is 0 Å². The quantitative estimate of drug-likeness (QED) is 0.615. The molecule has 2 aromatic rings. The predicted molar refractivity (Wildman–Crippen MR) is 113 cm³/mol. The van der Waals surface area contributed by atoms with E-state index in [9.17, 15) is 0 Å². The van der Waals surface area contributed by atoms with Crippen LogP contribution in [0.2, 0.25) is 0 Å². The largest absolute Gasteiger partial charge is 0.0939 e. The monoisotopic (exact) mass is 356 g/mol. The van der Waals surface area contributed by atoms with E-state index in [2.05, 4.69) is 60.7 Å². The number of fused-ring (bicyclic) bond motifs is 6. The Hall–Kier alpha value is -0.700. The summed E-state index contributed by atoms with van der Waals surface area (Å²) in [5.41, 5.74) is 1.61. The molecule has 24 heavy (non-hydrogen) atoms. The Morgan fingerprint density at radius 2 is 1.08 bits per heavy atom. The standard InChI is InChI=1S/C22H30P2/c1-3-10-21(11-4-1)20-23-14-7-17-24(18-8-15-23,19-9-16-23)22-12-5-2-6-13-22/h1-6,10-13H,7-9,14-20H2/q+2. The second-order valence-electron chi connectivity index (χ2n) is 7.87. The van der Waals surface area contributed by atoms with Gasteiger partial charge in [0.15, 0.2) is 0 Å². The Bertz CT molecular complexity index is 621. The average molecular weight is 356 g/mol. The molecule has 0 aliphatic carbocycles. The Labute approximate surface area is 148 Å². The number of benzene rings is 2. The molecule has 5 rings (SSSR count). The first kappa shape index (κ1) is 16.8. The Morgan fingerprint density at radius 3 is 1.62 bits per heavy atom. The van der Waals surface area contributed by atoms with Crippen LogP contribution in [-0.4, -0.2) is 37.0 Å². The summed E-state index contributed by atoms with van der Waals surface area (Å²) in [5, 5.41) is 1.74. The SMILES string of the molecule is c1ccc(C[P+]23CCC[P+](c4ccccc4)(CCC2)CCC3)cc1. The predicted octanol–water partition coefficient (Wildman–Crippen LogP) is 5.74. The van der Waals surface area contributed by atoms with Crippen LogP contribution in [0.5, 0.6) is 0 Å². The van der Waals surface area contributed by atoms with E-state index in [0.717, 1.165) is 0 Å². The lowest BCUT2D eigenvalue weighted by Crippen LogP contribution is -2.29. The molecule has 3 aliphatic heterocycles. The molecule has 0 saturated carbocycles. The van der Waals surface area contributed by atoms with Crippen molar-refractivity contribution in [2.75, 3.05) is 37.0 Å². The number of hydrogen-bond donors (Lipinski definition) is 0. The average Bonchev–Trinajstić information content (AvgIpc) is 2.58. The van der Waals surface area contributed by atoms with Gasteiger partial charge < -0.3 is 0 Å². The zero-order chi connectivity index (χ0) is 16.3. The summed E-state index contributed by atoms with van der Waals surface area (Å²) < 4.78 is 0. The lowest BCUT2D eigenvalue weighted by Gasteiger charge is -2.38. The lowest BCUT2D eigenvalue weighted by molar-refractivity contribution is 0.923. The first-order chi connectivity index (χ1) is 11.8. The molecule has 0 aromatic heterocycles. The molecular formula is C22H30P2+2. The van der Waals surface area contributed by atoms with Gasteiger partial charge in [-0.1, -0.05) is 48.5 Å². The summed E-state index contributed by atoms with van der Waals surface area (Å²) in [5.74, 6) is 0. The fourth-order valence-corrected chi connectivity index (χ4v) is 15.0. The summed E-state index contributed by atoms with van der Waals surface area (Å²) in [7, 11) is -1.62. The molecular weight excluding hydrogens is 326 g/mol. The minimum Gasteiger partial charge on any atom is -0.0622 e. The van der Waals surface area contributed by atoms with E-state index < -0.39 is 14.5 Å². The minimum atomic E-state index is -0.870. The van der Waals surface area contributed by atoms with Gasteiger partial charge in [-0.25, -0.2) is 0 Å². The molecule has 2 heteroatoms. The van der Waals surface area contributed by atoms with Crippen LogP contribution in [-0.2, 0) is 6.16 Å². The highest BCUT2D eigenvalue weighted by molar-refractivity contribution is 7.83. The number of hydrogen-bond acceptors (Lipinski definition) is 0. The lowest BCUT2D eigenvalue weighted by atomic mass is 10.2. The maximum atomic E-state index is 2.45. The van der Waals surface area contributed by atoms with Crippen molar-refractivity contribution in [1.29, 1.82) is 0 Å². The smallest absolute Gasteiger partial charge is 0.0622 e. The molecule has 3 aliphatic rings. The van der Waals surface area contributed by atoms with Crippen LogP contribution in [0.4, 0.5) is 0 Å². The van der Waals surface area contributed by atoms with Gasteiger partial charge in [-0.05, 0) is 17.7 Å². The van der Waals surface area contributed by atoms with Gasteiger partial charge in [0, 0.05) is 33.8 Å². The van der Waals surface area contributed by atoms with E-state index in [0.29, 0.717) is 0 Å². The highest BCUT2D eigenvalue weighted by Gasteiger charge is 2.48. The molecule has 0 atom stereocenters. The van der Waals surface area contributed by atoms with Gasteiger partial charge in [-0.15, -0.1) is 0 Å². The van der Waals surface area contributed by atoms with E-state index in [1.807, 2.05) is 0 Å². The third-order valence-corrected chi connectivity index (χ3v) is 16.1. The Kier molecular flexibility index (Phi) is 5.08. The van der Waals surface area contributed by atoms with Crippen LogP contribution in [0.15, 0.2) is 60.7 Å². The van der Waals surface area contributed by atoms with Crippen molar-refractivity contribution in [2.24, 2.45) is 0 Å². The maximum absolute atomic E-state index is 2.45. The van der Waals surface area contributed by atoms with E-state index >= 15 is 0 Å². The van der Waals surface area contributed by atoms with Gasteiger partial charge in [0.2, 0.25) is 0 Å². The summed E-state index contributed by atoms with van der Waals surface area (Å²) in [4.78, 5) is 0. The molecule has 2 aromatic carbocycles. The first-order valence-electron chi connectivity index (χ1n) is 9.61. The van der Waals surface area contributed by atoms with E-state index in [-0.39, 0.29) is 0 Å². The fraction of sp³-hybridized carbons (Fsp3) is 0.455. The molecule has 3 heterocycles. The van der Waals surface area contributed by atoms with Crippen LogP contribution in [0.3, 0.4) is 0 Å². The van der Waals surface area contributed by atoms with Crippen molar-refractivity contribution in [3.05, 3.63) is 66.2 Å². The van der Waals surface area contributed by atoms with Crippen LogP contribution < -0.4 is 5.30 Å². The fourth-order valence-electron chi connectivity index (χ4n) is 5.14. The molecule has 126 valence electrons. The molecule has 0 N–H and O–H groups in total. The van der Waals surface area contributed by atoms with Gasteiger partial charge in [-0.3, -0.25) is 0 Å². The zero-order valence-corrected chi connectivity index (χ0v) is 16.5. The molecule has 0 radical (unpaired) electrons. The molecule has 3 saturated heterocycles. The summed E-state index contributed by atoms with van der Waals surface area (Å²) >= 11 is 0. The topological polar surface area (TPSA) is 0 Å². The van der Waals surface area contributed by atoms with Crippen LogP contribution >= 0.6 is 14.5 Å². The molecule has 0 nitrogen and oxygen atoms in total. The first-order valence-corrected chi connectivity index (χ1v) is 14.5. The maximum Gasteiger partial charge on any atom is 0.0939 e. The van der Waals surface area contributed by atoms with E-state index in [4.69, 9.17) is 0 Å². The van der Waals surface area contributed by atoms with E-state index in [1.54, 1.807) is 29.4 Å². The second kappa shape index (κ2) is 7.27. The molecule has 0 unspecified atom stereocenters. The van der Waals surface area contributed by atoms with Crippen LogP contribution in [0.25, 0.3) is 0 Å². The zero-order valence-electron chi connectivity index (χ0n) is 14.7. The van der Waals surface area contributed by atoms with Gasteiger partial charge in [-0.2, -0.15) is 0 Å². The van der Waals surface area contributed by atoms with E-state index in [1.165, 1.54) is 43.9 Å². The molecule has 0 amide bonds. The van der Waals surface area contributed by atoms with Crippen LogP contribution in [0, 0.1) is 0 Å². The summed E-state index contributed by atoms with van der Waals surface area (Å²) in [6.07, 6.45) is 15.2. The van der Waals surface area contributed by atoms with Crippen molar-refractivity contribution < 1.29 is 0 Å². The third kappa shape index (κ3) is 3.47. The normalized spacial score (nSPS) is 30.3. The van der Waals surface area contributed by atoms with Crippen molar-refractivity contribution in [1.82, 2.24) is 0 Å². The molecule has 3 fully saturated rings. The Balaban J connectivity index is 1.56. The van der Waals surface area contributed by atoms with Gasteiger partial charge in [0.25, 0.3) is 0 Å². The highest BCUT2D eigenvalue weighted by Crippen LogP contribution is 2.71. The highest BCUT2D eigenvalue weighted by atomic mass is 31.2. The third-order valence-electron chi connectivity index (χ3n) is 6.32. The second-order valence-corrected chi connectivity index (χ2v) is 16.4. The van der Waals surface area contributed by atoms with Crippen molar-refractivity contribution >= 4 is 19.8 Å². The minimum absolute atomic E-state index is 0.749. The van der Waals surface area contributed by atoms with Gasteiger partial charge in [0.1, 0.15) is 0 Å². The van der Waals surface area contributed by atoms with Gasteiger partial charge in [0.05, 0.1) is 48.4 Å².